The third-order valence-corrected chi connectivity index (χ3v) is 4.28. The molecule has 0 saturated heterocycles. The van der Waals surface area contributed by atoms with Crippen LogP contribution in [-0.2, 0) is 0 Å². The van der Waals surface area contributed by atoms with Gasteiger partial charge in [0.05, 0.1) is 11.1 Å². The van der Waals surface area contributed by atoms with E-state index >= 15 is 0 Å². The molecule has 0 saturated carbocycles. The molecule has 0 radical (unpaired) electrons. The Morgan fingerprint density at radius 1 is 1.14 bits per heavy atom. The Labute approximate surface area is 168 Å². The highest BCUT2D eigenvalue weighted by Crippen LogP contribution is 2.31. The third kappa shape index (κ3) is 7.45. The molecule has 0 fully saturated rings. The topological polar surface area (TPSA) is 76.6 Å². The lowest BCUT2D eigenvalue weighted by Gasteiger charge is -2.17. The Kier molecular flexibility index (Phi) is 7.00. The number of halogens is 7. The van der Waals surface area contributed by atoms with Crippen LogP contribution in [0.4, 0.5) is 42.1 Å². The number of carbonyl (C=O) groups excluding carboxylic acids is 1. The molecule has 15 heteroatoms. The van der Waals surface area contributed by atoms with Gasteiger partial charge in [-0.3, -0.25) is 10.2 Å². The van der Waals surface area contributed by atoms with Gasteiger partial charge in [0.25, 0.3) is 0 Å². The molecule has 0 aliphatic heterocycles. The summed E-state index contributed by atoms with van der Waals surface area (Å²) in [5, 5.41) is 4.32. The zero-order chi connectivity index (χ0) is 21.8. The van der Waals surface area contributed by atoms with Gasteiger partial charge in [-0.2, -0.15) is 36.3 Å². The largest absolute Gasteiger partial charge is 0.468 e. The Bertz CT molecular complexity index is 824. The number of rotatable bonds is 6. The average molecular weight is 465 g/mol. The van der Waals surface area contributed by atoms with Crippen LogP contribution < -0.4 is 19.7 Å². The first-order chi connectivity index (χ1) is 13.3. The molecular weight excluding hydrogens is 454 g/mol. The summed E-state index contributed by atoms with van der Waals surface area (Å²) in [6.45, 7) is -3.53. The zero-order valence-corrected chi connectivity index (χ0v) is 15.8. The van der Waals surface area contributed by atoms with E-state index in [-0.39, 0.29) is 5.02 Å². The Morgan fingerprint density at radius 2 is 1.66 bits per heavy atom. The maximum Gasteiger partial charge on any atom is 0.422 e. The molecule has 160 valence electrons. The van der Waals surface area contributed by atoms with Crippen molar-refractivity contribution in [2.24, 2.45) is 0 Å². The molecule has 0 aliphatic carbocycles. The van der Waals surface area contributed by atoms with Crippen molar-refractivity contribution in [1.29, 1.82) is 0 Å². The first kappa shape index (κ1) is 22.8. The maximum absolute atomic E-state index is 12.3. The molecule has 2 aromatic heterocycles. The summed E-state index contributed by atoms with van der Waals surface area (Å²) >= 11 is 7.02. The predicted molar refractivity (Wildman–Crippen MR) is 91.9 cm³/mol. The van der Waals surface area contributed by atoms with Crippen molar-refractivity contribution in [2.45, 2.75) is 12.4 Å². The molecule has 2 aromatic rings. The van der Waals surface area contributed by atoms with Gasteiger partial charge in [0.2, 0.25) is 17.7 Å². The van der Waals surface area contributed by atoms with Crippen molar-refractivity contribution in [3.63, 3.8) is 0 Å². The Balaban J connectivity index is 2.21. The van der Waals surface area contributed by atoms with E-state index < -0.39 is 49.3 Å². The van der Waals surface area contributed by atoms with Gasteiger partial charge in [0.15, 0.2) is 13.2 Å². The minimum Gasteiger partial charge on any atom is -0.468 e. The van der Waals surface area contributed by atoms with Crippen LogP contribution in [0.2, 0.25) is 5.02 Å². The number of thiophene rings is 1. The van der Waals surface area contributed by atoms with E-state index in [1.165, 1.54) is 13.1 Å². The number of anilines is 2. The Hall–Kier alpha value is -2.48. The van der Waals surface area contributed by atoms with E-state index in [1.807, 2.05) is 0 Å². The second-order valence-electron chi connectivity index (χ2n) is 5.24. The van der Waals surface area contributed by atoms with E-state index in [0.29, 0.717) is 11.1 Å². The standard InChI is InChI=1S/C14H11ClF6N4O3S/c1-25(10-7(15)2-3-29-10)12(26)24-11-22-8(27-5-13(16,17)18)4-9(23-11)28-6-14(19,20)21/h2-4H,5-6H2,1H3,(H,22,23,24,26). The van der Waals surface area contributed by atoms with Gasteiger partial charge in [0, 0.05) is 7.05 Å². The molecule has 0 atom stereocenters. The van der Waals surface area contributed by atoms with Crippen LogP contribution in [-0.4, -0.2) is 48.6 Å². The Morgan fingerprint density at radius 3 is 2.07 bits per heavy atom. The van der Waals surface area contributed by atoms with Crippen molar-refractivity contribution in [3.05, 3.63) is 22.5 Å². The van der Waals surface area contributed by atoms with E-state index in [1.54, 1.807) is 5.38 Å². The molecule has 0 aliphatic rings. The van der Waals surface area contributed by atoms with Crippen molar-refractivity contribution in [3.8, 4) is 11.8 Å². The number of carbonyl (C=O) groups is 1. The van der Waals surface area contributed by atoms with Gasteiger partial charge in [-0.25, -0.2) is 4.79 Å². The van der Waals surface area contributed by atoms with E-state index in [4.69, 9.17) is 11.6 Å². The summed E-state index contributed by atoms with van der Waals surface area (Å²) in [5.74, 6) is -2.13. The highest BCUT2D eigenvalue weighted by Gasteiger charge is 2.30. The van der Waals surface area contributed by atoms with Crippen LogP contribution in [0.5, 0.6) is 11.8 Å². The molecule has 0 bridgehead atoms. The number of urea groups is 1. The molecule has 2 amide bonds. The summed E-state index contributed by atoms with van der Waals surface area (Å²) in [7, 11) is 1.33. The van der Waals surface area contributed by atoms with Crippen molar-refractivity contribution in [1.82, 2.24) is 9.97 Å². The molecule has 0 spiro atoms. The number of amides is 2. The fourth-order valence-electron chi connectivity index (χ4n) is 1.72. The molecule has 1 N–H and O–H groups in total. The number of alkyl halides is 6. The first-order valence-electron chi connectivity index (χ1n) is 7.40. The summed E-state index contributed by atoms with van der Waals surface area (Å²) < 4.78 is 82.7. The zero-order valence-electron chi connectivity index (χ0n) is 14.3. The van der Waals surface area contributed by atoms with Crippen LogP contribution in [0.3, 0.4) is 0 Å². The molecule has 7 nitrogen and oxygen atoms in total. The molecule has 0 unspecified atom stereocenters. The number of nitrogens with one attached hydrogen (secondary N) is 1. The highest BCUT2D eigenvalue weighted by atomic mass is 35.5. The van der Waals surface area contributed by atoms with E-state index in [9.17, 15) is 31.1 Å². The summed E-state index contributed by atoms with van der Waals surface area (Å²) in [4.78, 5) is 20.4. The summed E-state index contributed by atoms with van der Waals surface area (Å²) in [5.41, 5.74) is 0. The smallest absolute Gasteiger partial charge is 0.422 e. The first-order valence-corrected chi connectivity index (χ1v) is 8.66. The van der Waals surface area contributed by atoms with Crippen molar-refractivity contribution < 1.29 is 40.6 Å². The van der Waals surface area contributed by atoms with Crippen LogP contribution in [0.25, 0.3) is 0 Å². The third-order valence-electron chi connectivity index (χ3n) is 2.87. The molecule has 2 heterocycles. The van der Waals surface area contributed by atoms with Gasteiger partial charge >= 0.3 is 18.4 Å². The van der Waals surface area contributed by atoms with Crippen molar-refractivity contribution >= 4 is 39.9 Å². The molecular formula is C14H11ClF6N4O3S. The molecule has 29 heavy (non-hydrogen) atoms. The minimum atomic E-state index is -4.72. The number of aromatic nitrogens is 2. The number of nitrogens with zero attached hydrogens (tertiary/aromatic N) is 3. The quantitative estimate of drug-likeness (QED) is 0.625. The maximum atomic E-state index is 12.3. The van der Waals surface area contributed by atoms with Crippen LogP contribution >= 0.6 is 22.9 Å². The van der Waals surface area contributed by atoms with Gasteiger partial charge in [-0.1, -0.05) is 11.6 Å². The number of ether oxygens (including phenoxy) is 2. The predicted octanol–water partition coefficient (Wildman–Crippen LogP) is 4.74. The molecule has 2 rings (SSSR count). The van der Waals surface area contributed by atoms with Crippen LogP contribution in [0.1, 0.15) is 0 Å². The fourth-order valence-corrected chi connectivity index (χ4v) is 2.87. The van der Waals surface area contributed by atoms with E-state index in [0.717, 1.165) is 16.2 Å². The van der Waals surface area contributed by atoms with Gasteiger partial charge in [0.1, 0.15) is 5.00 Å². The SMILES string of the molecule is CN(C(=O)Nc1nc(OCC(F)(F)F)cc(OCC(F)(F)F)n1)c1sccc1Cl. The van der Waals surface area contributed by atoms with Gasteiger partial charge in [-0.05, 0) is 11.4 Å². The monoisotopic (exact) mass is 464 g/mol. The summed E-state index contributed by atoms with van der Waals surface area (Å²) in [6.07, 6.45) is -9.45. The lowest BCUT2D eigenvalue weighted by Crippen LogP contribution is -2.31. The van der Waals surface area contributed by atoms with Crippen LogP contribution in [0, 0.1) is 0 Å². The second kappa shape index (κ2) is 8.90. The normalized spacial score (nSPS) is 11.9. The van der Waals surface area contributed by atoms with Gasteiger partial charge < -0.3 is 9.47 Å². The summed E-state index contributed by atoms with van der Waals surface area (Å²) in [6, 6.07) is 1.30. The fraction of sp³-hybridized carbons (Fsp3) is 0.357. The number of hydrogen-bond donors (Lipinski definition) is 1. The lowest BCUT2D eigenvalue weighted by molar-refractivity contribution is -0.154. The minimum absolute atomic E-state index is 0.255. The van der Waals surface area contributed by atoms with Gasteiger partial charge in [-0.15, -0.1) is 11.3 Å². The van der Waals surface area contributed by atoms with E-state index in [2.05, 4.69) is 24.8 Å². The number of hydrogen-bond acceptors (Lipinski definition) is 6. The van der Waals surface area contributed by atoms with Crippen LogP contribution in [0.15, 0.2) is 17.5 Å². The average Bonchev–Trinajstić information content (AvgIpc) is 3.02. The van der Waals surface area contributed by atoms with Crippen molar-refractivity contribution in [2.75, 3.05) is 30.5 Å². The highest BCUT2D eigenvalue weighted by molar-refractivity contribution is 7.15. The lowest BCUT2D eigenvalue weighted by atomic mass is 10.5. The second-order valence-corrected chi connectivity index (χ2v) is 6.54. The molecule has 0 aromatic carbocycles.